The molecule has 3 aromatic rings. The molecule has 3 atom stereocenters. The van der Waals surface area contributed by atoms with Crippen LogP contribution in [0.4, 0.5) is 5.69 Å². The first kappa shape index (κ1) is 19.2. The number of H-pyrrole nitrogens is 1. The Balaban J connectivity index is 1.50. The molecule has 6 nitrogen and oxygen atoms in total. The summed E-state index contributed by atoms with van der Waals surface area (Å²) in [6, 6.07) is 14.6. The van der Waals surface area contributed by atoms with E-state index in [0.717, 1.165) is 23.3 Å². The van der Waals surface area contributed by atoms with Crippen LogP contribution in [-0.4, -0.2) is 21.8 Å². The summed E-state index contributed by atoms with van der Waals surface area (Å²) in [7, 11) is 0. The second-order valence-electron chi connectivity index (χ2n) is 8.22. The van der Waals surface area contributed by atoms with Crippen molar-refractivity contribution in [1.82, 2.24) is 15.3 Å². The number of anilines is 1. The number of rotatable bonds is 6. The molecule has 1 aliphatic rings. The maximum Gasteiger partial charge on any atom is 0.251 e. The summed E-state index contributed by atoms with van der Waals surface area (Å²) >= 11 is 0. The van der Waals surface area contributed by atoms with Gasteiger partial charge in [-0.15, -0.1) is 0 Å². The second kappa shape index (κ2) is 7.70. The number of nitrogens with zero attached hydrogens (tertiary/aromatic N) is 1. The fourth-order valence-corrected chi connectivity index (χ4v) is 3.56. The number of amides is 2. The number of hydrogen-bond acceptors (Lipinski definition) is 3. The summed E-state index contributed by atoms with van der Waals surface area (Å²) in [6.45, 7) is 6.16. The smallest absolute Gasteiger partial charge is 0.251 e. The van der Waals surface area contributed by atoms with Gasteiger partial charge >= 0.3 is 0 Å². The van der Waals surface area contributed by atoms with E-state index in [1.54, 1.807) is 24.3 Å². The van der Waals surface area contributed by atoms with Crippen molar-refractivity contribution in [3.63, 3.8) is 0 Å². The summed E-state index contributed by atoms with van der Waals surface area (Å²) in [5.41, 5.74) is 2.97. The van der Waals surface area contributed by atoms with Crippen molar-refractivity contribution in [3.05, 3.63) is 59.9 Å². The summed E-state index contributed by atoms with van der Waals surface area (Å²) in [4.78, 5) is 33.1. The fraction of sp³-hybridized carbons (Fsp3) is 0.348. The van der Waals surface area contributed by atoms with E-state index in [4.69, 9.17) is 0 Å². The van der Waals surface area contributed by atoms with Gasteiger partial charge in [0.25, 0.3) is 5.91 Å². The van der Waals surface area contributed by atoms with E-state index < -0.39 is 0 Å². The molecule has 1 fully saturated rings. The first-order valence-electron chi connectivity index (χ1n) is 10.1. The highest BCUT2D eigenvalue weighted by molar-refractivity contribution is 5.98. The Labute approximate surface area is 170 Å². The van der Waals surface area contributed by atoms with E-state index in [2.05, 4.69) is 27.5 Å². The molecule has 1 aromatic heterocycles. The molecule has 150 valence electrons. The van der Waals surface area contributed by atoms with Crippen molar-refractivity contribution in [2.45, 2.75) is 33.2 Å². The SMILES string of the molecule is CC(C)C(NC(=O)c1cccc(NC(=O)C2CC2C)c1)c1nc2ccccc2[nH]1. The minimum atomic E-state index is -0.250. The third-order valence-electron chi connectivity index (χ3n) is 5.49. The maximum absolute atomic E-state index is 12.9. The van der Waals surface area contributed by atoms with Crippen molar-refractivity contribution >= 4 is 28.5 Å². The van der Waals surface area contributed by atoms with Gasteiger partial charge in [-0.2, -0.15) is 0 Å². The van der Waals surface area contributed by atoms with Gasteiger partial charge in [-0.1, -0.05) is 39.0 Å². The Morgan fingerprint density at radius 1 is 1.14 bits per heavy atom. The van der Waals surface area contributed by atoms with Gasteiger partial charge in [-0.05, 0) is 48.6 Å². The number of benzene rings is 2. The molecule has 3 N–H and O–H groups in total. The maximum atomic E-state index is 12.9. The van der Waals surface area contributed by atoms with Crippen LogP contribution in [0.25, 0.3) is 11.0 Å². The number of nitrogens with one attached hydrogen (secondary N) is 3. The number of carbonyl (C=O) groups excluding carboxylic acids is 2. The molecule has 2 aromatic carbocycles. The predicted molar refractivity (Wildman–Crippen MR) is 113 cm³/mol. The van der Waals surface area contributed by atoms with Crippen LogP contribution in [0, 0.1) is 17.8 Å². The van der Waals surface area contributed by atoms with Gasteiger partial charge < -0.3 is 15.6 Å². The van der Waals surface area contributed by atoms with Crippen LogP contribution in [0.5, 0.6) is 0 Å². The topological polar surface area (TPSA) is 86.9 Å². The Hall–Kier alpha value is -3.15. The van der Waals surface area contributed by atoms with Crippen molar-refractivity contribution in [3.8, 4) is 0 Å². The third kappa shape index (κ3) is 4.16. The summed E-state index contributed by atoms with van der Waals surface area (Å²) in [6.07, 6.45) is 0.930. The molecular formula is C23H26N4O2. The van der Waals surface area contributed by atoms with Gasteiger partial charge in [-0.25, -0.2) is 4.98 Å². The molecule has 1 aliphatic carbocycles. The van der Waals surface area contributed by atoms with E-state index in [9.17, 15) is 9.59 Å². The first-order valence-corrected chi connectivity index (χ1v) is 10.1. The van der Waals surface area contributed by atoms with Crippen LogP contribution in [0.15, 0.2) is 48.5 Å². The highest BCUT2D eigenvalue weighted by atomic mass is 16.2. The van der Waals surface area contributed by atoms with Gasteiger partial charge in [0.1, 0.15) is 5.82 Å². The minimum absolute atomic E-state index is 0.0254. The molecule has 1 heterocycles. The lowest BCUT2D eigenvalue weighted by Crippen LogP contribution is -2.32. The molecule has 4 rings (SSSR count). The van der Waals surface area contributed by atoms with Crippen molar-refractivity contribution in [1.29, 1.82) is 0 Å². The molecule has 1 saturated carbocycles. The number of fused-ring (bicyclic) bond motifs is 1. The zero-order valence-corrected chi connectivity index (χ0v) is 16.9. The van der Waals surface area contributed by atoms with Crippen LogP contribution < -0.4 is 10.6 Å². The molecule has 3 unspecified atom stereocenters. The first-order chi connectivity index (χ1) is 13.9. The molecule has 29 heavy (non-hydrogen) atoms. The van der Waals surface area contributed by atoms with Gasteiger partial charge in [0, 0.05) is 17.2 Å². The second-order valence-corrected chi connectivity index (χ2v) is 8.22. The van der Waals surface area contributed by atoms with E-state index in [0.29, 0.717) is 17.2 Å². The normalized spacial score (nSPS) is 19.2. The molecule has 6 heteroatoms. The van der Waals surface area contributed by atoms with Crippen molar-refractivity contribution < 1.29 is 9.59 Å². The minimum Gasteiger partial charge on any atom is -0.342 e. The monoisotopic (exact) mass is 390 g/mol. The Kier molecular flexibility index (Phi) is 5.09. The Morgan fingerprint density at radius 3 is 2.59 bits per heavy atom. The van der Waals surface area contributed by atoms with E-state index in [1.165, 1.54) is 0 Å². The van der Waals surface area contributed by atoms with E-state index in [1.807, 2.05) is 38.1 Å². The largest absolute Gasteiger partial charge is 0.342 e. The van der Waals surface area contributed by atoms with E-state index >= 15 is 0 Å². The van der Waals surface area contributed by atoms with Gasteiger partial charge in [0.2, 0.25) is 5.91 Å². The molecule has 0 bridgehead atoms. The molecule has 0 saturated heterocycles. The Morgan fingerprint density at radius 2 is 1.90 bits per heavy atom. The lowest BCUT2D eigenvalue weighted by Gasteiger charge is -2.20. The van der Waals surface area contributed by atoms with Gasteiger partial charge in [0.15, 0.2) is 0 Å². The lowest BCUT2D eigenvalue weighted by molar-refractivity contribution is -0.117. The highest BCUT2D eigenvalue weighted by Crippen LogP contribution is 2.38. The standard InChI is InChI=1S/C23H26N4O2/c1-13(2)20(21-25-18-9-4-5-10-19(18)26-21)27-22(28)15-7-6-8-16(12-15)24-23(29)17-11-14(17)3/h4-10,12-14,17,20H,11H2,1-3H3,(H,24,29)(H,25,26)(H,27,28). The average molecular weight is 390 g/mol. The molecule has 0 aliphatic heterocycles. The number of aromatic amines is 1. The summed E-state index contributed by atoms with van der Waals surface area (Å²) < 4.78 is 0. The van der Waals surface area contributed by atoms with Crippen LogP contribution in [0.3, 0.4) is 0 Å². The van der Waals surface area contributed by atoms with Crippen LogP contribution in [0.1, 0.15) is 49.4 Å². The fourth-order valence-electron chi connectivity index (χ4n) is 3.56. The third-order valence-corrected chi connectivity index (χ3v) is 5.49. The number of para-hydroxylation sites is 2. The zero-order valence-electron chi connectivity index (χ0n) is 16.9. The van der Waals surface area contributed by atoms with Gasteiger partial charge in [0.05, 0.1) is 17.1 Å². The molecule has 0 spiro atoms. The molecular weight excluding hydrogens is 364 g/mol. The quantitative estimate of drug-likeness (QED) is 0.587. The van der Waals surface area contributed by atoms with Crippen LogP contribution >= 0.6 is 0 Å². The number of carbonyl (C=O) groups is 2. The molecule has 2 amide bonds. The summed E-state index contributed by atoms with van der Waals surface area (Å²) in [5.74, 6) is 1.25. The highest BCUT2D eigenvalue weighted by Gasteiger charge is 2.39. The zero-order chi connectivity index (χ0) is 20.5. The number of aromatic nitrogens is 2. The van der Waals surface area contributed by atoms with Crippen LogP contribution in [-0.2, 0) is 4.79 Å². The molecule has 0 radical (unpaired) electrons. The Bertz CT molecular complexity index is 1020. The van der Waals surface area contributed by atoms with Crippen molar-refractivity contribution in [2.75, 3.05) is 5.32 Å². The van der Waals surface area contributed by atoms with Crippen molar-refractivity contribution in [2.24, 2.45) is 17.8 Å². The van der Waals surface area contributed by atoms with Crippen LogP contribution in [0.2, 0.25) is 0 Å². The summed E-state index contributed by atoms with van der Waals surface area (Å²) in [5, 5.41) is 6.00. The lowest BCUT2D eigenvalue weighted by atomic mass is 10.0. The van der Waals surface area contributed by atoms with E-state index in [-0.39, 0.29) is 29.7 Å². The van der Waals surface area contributed by atoms with Gasteiger partial charge in [-0.3, -0.25) is 9.59 Å². The number of hydrogen-bond donors (Lipinski definition) is 3. The predicted octanol–water partition coefficient (Wildman–Crippen LogP) is 4.28. The average Bonchev–Trinajstić information content (AvgIpc) is 3.28. The number of imidazole rings is 1.